The van der Waals surface area contributed by atoms with E-state index in [4.69, 9.17) is 5.11 Å². The molecule has 0 bridgehead atoms. The number of aromatic nitrogens is 2. The number of amides is 2. The molecule has 0 spiro atoms. The number of hydrogen-bond donors (Lipinski definition) is 2. The Hall–Kier alpha value is -2.05. The van der Waals surface area contributed by atoms with Crippen molar-refractivity contribution in [3.63, 3.8) is 0 Å². The van der Waals surface area contributed by atoms with Crippen LogP contribution in [0.3, 0.4) is 0 Å². The second kappa shape index (κ2) is 5.94. The maximum atomic E-state index is 12.2. The SMILES string of the molecule is CCc1nn(C)cc1NC(=O)N1CCC(CC(=O)O)C1. The maximum absolute atomic E-state index is 12.2. The Kier molecular flexibility index (Phi) is 4.26. The number of aliphatic carboxylic acids is 1. The number of carboxylic acids is 1. The average molecular weight is 280 g/mol. The molecule has 20 heavy (non-hydrogen) atoms. The molecule has 7 heteroatoms. The van der Waals surface area contributed by atoms with Gasteiger partial charge in [0.05, 0.1) is 11.4 Å². The molecule has 1 unspecified atom stereocenters. The summed E-state index contributed by atoms with van der Waals surface area (Å²) < 4.78 is 1.67. The molecule has 2 rings (SSSR count). The maximum Gasteiger partial charge on any atom is 0.321 e. The summed E-state index contributed by atoms with van der Waals surface area (Å²) >= 11 is 0. The zero-order valence-electron chi connectivity index (χ0n) is 11.8. The van der Waals surface area contributed by atoms with Crippen molar-refractivity contribution in [2.75, 3.05) is 18.4 Å². The minimum Gasteiger partial charge on any atom is -0.481 e. The lowest BCUT2D eigenvalue weighted by Crippen LogP contribution is -2.33. The van der Waals surface area contributed by atoms with Crippen molar-refractivity contribution in [3.05, 3.63) is 11.9 Å². The largest absolute Gasteiger partial charge is 0.481 e. The van der Waals surface area contributed by atoms with Crippen LogP contribution in [0.2, 0.25) is 0 Å². The fourth-order valence-electron chi connectivity index (χ4n) is 2.53. The van der Waals surface area contributed by atoms with Gasteiger partial charge in [-0.3, -0.25) is 9.48 Å². The summed E-state index contributed by atoms with van der Waals surface area (Å²) in [6, 6.07) is -0.180. The molecule has 1 aliphatic rings. The first kappa shape index (κ1) is 14.4. The lowest BCUT2D eigenvalue weighted by Gasteiger charge is -2.16. The number of rotatable bonds is 4. The summed E-state index contributed by atoms with van der Waals surface area (Å²) in [7, 11) is 1.81. The Bertz CT molecular complexity index is 512. The Balaban J connectivity index is 1.94. The number of carboxylic acid groups (broad SMARTS) is 1. The van der Waals surface area contributed by atoms with Gasteiger partial charge >= 0.3 is 12.0 Å². The second-order valence-electron chi connectivity index (χ2n) is 5.15. The van der Waals surface area contributed by atoms with Crippen molar-refractivity contribution in [1.29, 1.82) is 0 Å². The molecule has 0 aliphatic carbocycles. The van der Waals surface area contributed by atoms with E-state index in [1.54, 1.807) is 15.8 Å². The zero-order chi connectivity index (χ0) is 14.7. The average Bonchev–Trinajstić information content (AvgIpc) is 2.95. The van der Waals surface area contributed by atoms with Crippen LogP contribution in [0.5, 0.6) is 0 Å². The van der Waals surface area contributed by atoms with E-state index in [9.17, 15) is 9.59 Å². The van der Waals surface area contributed by atoms with Gasteiger partial charge < -0.3 is 15.3 Å². The van der Waals surface area contributed by atoms with Crippen LogP contribution in [-0.2, 0) is 18.3 Å². The van der Waals surface area contributed by atoms with Crippen molar-refractivity contribution in [2.24, 2.45) is 13.0 Å². The lowest BCUT2D eigenvalue weighted by molar-refractivity contribution is -0.138. The monoisotopic (exact) mass is 280 g/mol. The normalized spacial score (nSPS) is 18.3. The minimum absolute atomic E-state index is 0.0535. The first-order valence-corrected chi connectivity index (χ1v) is 6.79. The quantitative estimate of drug-likeness (QED) is 0.870. The molecule has 2 amide bonds. The number of carbonyl (C=O) groups is 2. The molecule has 1 fully saturated rings. The number of hydrogen-bond acceptors (Lipinski definition) is 3. The Morgan fingerprint density at radius 3 is 2.95 bits per heavy atom. The predicted octanol–water partition coefficient (Wildman–Crippen LogP) is 1.31. The number of urea groups is 1. The van der Waals surface area contributed by atoms with Gasteiger partial charge in [-0.15, -0.1) is 0 Å². The summed E-state index contributed by atoms with van der Waals surface area (Å²) in [5, 5.41) is 15.9. The lowest BCUT2D eigenvalue weighted by atomic mass is 10.1. The van der Waals surface area contributed by atoms with E-state index in [-0.39, 0.29) is 18.4 Å². The smallest absolute Gasteiger partial charge is 0.321 e. The highest BCUT2D eigenvalue weighted by Gasteiger charge is 2.28. The van der Waals surface area contributed by atoms with Crippen molar-refractivity contribution < 1.29 is 14.7 Å². The number of likely N-dealkylation sites (tertiary alicyclic amines) is 1. The van der Waals surface area contributed by atoms with E-state index in [1.165, 1.54) is 0 Å². The van der Waals surface area contributed by atoms with Gasteiger partial charge in [0.15, 0.2) is 0 Å². The van der Waals surface area contributed by atoms with Gasteiger partial charge in [-0.1, -0.05) is 6.92 Å². The van der Waals surface area contributed by atoms with E-state index in [1.807, 2.05) is 14.0 Å². The van der Waals surface area contributed by atoms with Crippen LogP contribution in [0.25, 0.3) is 0 Å². The summed E-state index contributed by atoms with van der Waals surface area (Å²) in [6.45, 7) is 3.09. The third kappa shape index (κ3) is 3.28. The summed E-state index contributed by atoms with van der Waals surface area (Å²) in [5.74, 6) is -0.754. The van der Waals surface area contributed by atoms with Crippen molar-refractivity contribution in [2.45, 2.75) is 26.2 Å². The van der Waals surface area contributed by atoms with Crippen LogP contribution in [0.15, 0.2) is 6.20 Å². The molecule has 0 aromatic carbocycles. The first-order chi connectivity index (χ1) is 9.49. The Morgan fingerprint density at radius 1 is 1.55 bits per heavy atom. The van der Waals surface area contributed by atoms with Gasteiger partial charge in [-0.25, -0.2) is 4.79 Å². The number of nitrogens with zero attached hydrogens (tertiary/aromatic N) is 3. The molecular weight excluding hydrogens is 260 g/mol. The topological polar surface area (TPSA) is 87.5 Å². The van der Waals surface area contributed by atoms with E-state index >= 15 is 0 Å². The molecule has 2 N–H and O–H groups in total. The van der Waals surface area contributed by atoms with Crippen molar-refractivity contribution in [1.82, 2.24) is 14.7 Å². The third-order valence-electron chi connectivity index (χ3n) is 3.52. The second-order valence-corrected chi connectivity index (χ2v) is 5.15. The number of carbonyl (C=O) groups excluding carboxylic acids is 1. The molecule has 1 saturated heterocycles. The number of nitrogens with one attached hydrogen (secondary N) is 1. The van der Waals surface area contributed by atoms with E-state index in [2.05, 4.69) is 10.4 Å². The molecular formula is C13H20N4O3. The predicted molar refractivity (Wildman–Crippen MR) is 73.5 cm³/mol. The Labute approximate surface area is 117 Å². The molecule has 7 nitrogen and oxygen atoms in total. The molecule has 2 heterocycles. The van der Waals surface area contributed by atoms with Crippen LogP contribution in [0.4, 0.5) is 10.5 Å². The van der Waals surface area contributed by atoms with Crippen molar-refractivity contribution >= 4 is 17.7 Å². The zero-order valence-corrected chi connectivity index (χ0v) is 11.8. The van der Waals surface area contributed by atoms with Gasteiger partial charge in [0, 0.05) is 32.8 Å². The standard InChI is InChI=1S/C13H20N4O3/c1-3-10-11(8-16(2)15-10)14-13(20)17-5-4-9(7-17)6-12(18)19/h8-9H,3-7H2,1-2H3,(H,14,20)(H,18,19). The Morgan fingerprint density at radius 2 is 2.30 bits per heavy atom. The highest BCUT2D eigenvalue weighted by atomic mass is 16.4. The minimum atomic E-state index is -0.808. The highest BCUT2D eigenvalue weighted by Crippen LogP contribution is 2.21. The van der Waals surface area contributed by atoms with Crippen LogP contribution >= 0.6 is 0 Å². The first-order valence-electron chi connectivity index (χ1n) is 6.79. The molecule has 1 atom stereocenters. The van der Waals surface area contributed by atoms with E-state index in [0.717, 1.165) is 24.2 Å². The van der Waals surface area contributed by atoms with Gasteiger partial charge in [0.1, 0.15) is 0 Å². The fourth-order valence-corrected chi connectivity index (χ4v) is 2.53. The molecule has 1 aromatic rings. The van der Waals surface area contributed by atoms with E-state index < -0.39 is 5.97 Å². The molecule has 0 radical (unpaired) electrons. The van der Waals surface area contributed by atoms with Crippen molar-refractivity contribution in [3.8, 4) is 0 Å². The van der Waals surface area contributed by atoms with Crippen LogP contribution in [0.1, 0.15) is 25.5 Å². The highest BCUT2D eigenvalue weighted by molar-refractivity contribution is 5.90. The summed E-state index contributed by atoms with van der Waals surface area (Å²) in [6.07, 6.45) is 3.39. The van der Waals surface area contributed by atoms with Crippen LogP contribution in [-0.4, -0.2) is 44.9 Å². The fraction of sp³-hybridized carbons (Fsp3) is 0.615. The van der Waals surface area contributed by atoms with Gasteiger partial charge in [0.2, 0.25) is 0 Å². The van der Waals surface area contributed by atoms with Crippen LogP contribution < -0.4 is 5.32 Å². The molecule has 0 saturated carbocycles. The van der Waals surface area contributed by atoms with Gasteiger partial charge in [-0.05, 0) is 18.8 Å². The molecule has 110 valence electrons. The van der Waals surface area contributed by atoms with Crippen LogP contribution in [0, 0.1) is 5.92 Å². The third-order valence-corrected chi connectivity index (χ3v) is 3.52. The number of aryl methyl sites for hydroxylation is 2. The van der Waals surface area contributed by atoms with Gasteiger partial charge in [-0.2, -0.15) is 5.10 Å². The molecule has 1 aromatic heterocycles. The molecule has 1 aliphatic heterocycles. The number of anilines is 1. The van der Waals surface area contributed by atoms with E-state index in [0.29, 0.717) is 13.1 Å². The summed E-state index contributed by atoms with van der Waals surface area (Å²) in [4.78, 5) is 24.5. The van der Waals surface area contributed by atoms with Gasteiger partial charge in [0.25, 0.3) is 0 Å². The summed E-state index contributed by atoms with van der Waals surface area (Å²) in [5.41, 5.74) is 1.57.